The van der Waals surface area contributed by atoms with Crippen LogP contribution < -0.4 is 10.2 Å². The lowest BCUT2D eigenvalue weighted by molar-refractivity contribution is -0.116. The van der Waals surface area contributed by atoms with Gasteiger partial charge < -0.3 is 15.1 Å². The highest BCUT2D eigenvalue weighted by Crippen LogP contribution is 2.21. The first-order valence-corrected chi connectivity index (χ1v) is 8.25. The number of amides is 2. The summed E-state index contributed by atoms with van der Waals surface area (Å²) in [5.74, 6) is -0.442. The number of carbonyl (C=O) groups is 2. The Hall–Kier alpha value is -2.34. The summed E-state index contributed by atoms with van der Waals surface area (Å²) in [5, 5.41) is 2.79. The molecular formula is C18H20BrN3O2. The van der Waals surface area contributed by atoms with Crippen LogP contribution in [0.25, 0.3) is 0 Å². The van der Waals surface area contributed by atoms with Crippen molar-refractivity contribution in [2.75, 3.05) is 37.9 Å². The number of hydrogen-bond donors (Lipinski definition) is 1. The molecule has 0 saturated carbocycles. The Labute approximate surface area is 150 Å². The second-order valence-corrected chi connectivity index (χ2v) is 6.49. The summed E-state index contributed by atoms with van der Waals surface area (Å²) in [6, 6.07) is 14.7. The molecule has 0 aliphatic rings. The first-order chi connectivity index (χ1) is 11.4. The Bertz CT molecular complexity index is 747. The maximum absolute atomic E-state index is 12.5. The molecule has 2 rings (SSSR count). The highest BCUT2D eigenvalue weighted by molar-refractivity contribution is 9.10. The van der Waals surface area contributed by atoms with Crippen LogP contribution in [0.2, 0.25) is 0 Å². The minimum absolute atomic E-state index is 0.0215. The predicted molar refractivity (Wildman–Crippen MR) is 101 cm³/mol. The van der Waals surface area contributed by atoms with Crippen molar-refractivity contribution in [3.8, 4) is 0 Å². The fraction of sp³-hybridized carbons (Fsp3) is 0.222. The van der Waals surface area contributed by atoms with Crippen molar-refractivity contribution < 1.29 is 9.59 Å². The van der Waals surface area contributed by atoms with E-state index in [1.807, 2.05) is 55.4 Å². The third-order valence-electron chi connectivity index (χ3n) is 3.48. The highest BCUT2D eigenvalue weighted by Gasteiger charge is 2.16. The van der Waals surface area contributed by atoms with Crippen LogP contribution in [0.15, 0.2) is 53.0 Å². The summed E-state index contributed by atoms with van der Waals surface area (Å²) in [6.07, 6.45) is 0. The number of halogens is 1. The van der Waals surface area contributed by atoms with E-state index in [1.54, 1.807) is 19.2 Å². The van der Waals surface area contributed by atoms with Crippen molar-refractivity contribution in [1.29, 1.82) is 0 Å². The van der Waals surface area contributed by atoms with Gasteiger partial charge in [0, 0.05) is 36.9 Å². The second kappa shape index (κ2) is 7.97. The molecule has 2 aromatic rings. The van der Waals surface area contributed by atoms with E-state index in [0.717, 1.165) is 10.2 Å². The molecule has 0 aromatic heterocycles. The predicted octanol–water partition coefficient (Wildman–Crippen LogP) is 3.23. The largest absolute Gasteiger partial charge is 0.378 e. The average Bonchev–Trinajstić information content (AvgIpc) is 2.56. The molecule has 0 bridgehead atoms. The van der Waals surface area contributed by atoms with E-state index >= 15 is 0 Å². The van der Waals surface area contributed by atoms with E-state index in [9.17, 15) is 9.59 Å². The van der Waals surface area contributed by atoms with E-state index in [-0.39, 0.29) is 18.4 Å². The third kappa shape index (κ3) is 4.58. The number of carbonyl (C=O) groups excluding carboxylic acids is 2. The summed E-state index contributed by atoms with van der Waals surface area (Å²) in [6.45, 7) is -0.0215. The van der Waals surface area contributed by atoms with Crippen LogP contribution in [0.5, 0.6) is 0 Å². The van der Waals surface area contributed by atoms with Gasteiger partial charge >= 0.3 is 0 Å². The quantitative estimate of drug-likeness (QED) is 0.853. The fourth-order valence-electron chi connectivity index (χ4n) is 2.18. The first-order valence-electron chi connectivity index (χ1n) is 7.45. The van der Waals surface area contributed by atoms with Crippen LogP contribution in [0, 0.1) is 0 Å². The lowest BCUT2D eigenvalue weighted by Crippen LogP contribution is -2.35. The lowest BCUT2D eigenvalue weighted by atomic mass is 10.1. The first kappa shape index (κ1) is 18.0. The topological polar surface area (TPSA) is 52.7 Å². The number of benzene rings is 2. The zero-order valence-electron chi connectivity index (χ0n) is 13.9. The second-order valence-electron chi connectivity index (χ2n) is 5.63. The van der Waals surface area contributed by atoms with Crippen molar-refractivity contribution in [2.45, 2.75) is 0 Å². The molecule has 0 aliphatic heterocycles. The molecule has 0 aliphatic carbocycles. The van der Waals surface area contributed by atoms with E-state index in [2.05, 4.69) is 21.2 Å². The average molecular weight is 390 g/mol. The Morgan fingerprint density at radius 1 is 1.04 bits per heavy atom. The SMILES string of the molecule is CN(CC(=O)Nc1ccccc1Br)C(=O)c1cccc(N(C)C)c1. The summed E-state index contributed by atoms with van der Waals surface area (Å²) < 4.78 is 0.797. The Morgan fingerprint density at radius 3 is 2.42 bits per heavy atom. The summed E-state index contributed by atoms with van der Waals surface area (Å²) >= 11 is 3.38. The molecule has 2 amide bonds. The molecule has 24 heavy (non-hydrogen) atoms. The van der Waals surface area contributed by atoms with Crippen LogP contribution in [0.1, 0.15) is 10.4 Å². The van der Waals surface area contributed by atoms with Gasteiger partial charge in [-0.05, 0) is 46.3 Å². The van der Waals surface area contributed by atoms with Crippen LogP contribution in [0.4, 0.5) is 11.4 Å². The Morgan fingerprint density at radius 2 is 1.75 bits per heavy atom. The molecule has 0 unspecified atom stereocenters. The van der Waals surface area contributed by atoms with Gasteiger partial charge in [0.1, 0.15) is 0 Å². The molecule has 2 aromatic carbocycles. The number of likely N-dealkylation sites (N-methyl/N-ethyl adjacent to an activating group) is 1. The highest BCUT2D eigenvalue weighted by atomic mass is 79.9. The molecule has 0 fully saturated rings. The van der Waals surface area contributed by atoms with Gasteiger partial charge in [-0.25, -0.2) is 0 Å². The van der Waals surface area contributed by atoms with E-state index in [0.29, 0.717) is 11.3 Å². The Kier molecular flexibility index (Phi) is 5.98. The van der Waals surface area contributed by atoms with Crippen LogP contribution in [-0.4, -0.2) is 44.4 Å². The van der Waals surface area contributed by atoms with E-state index in [4.69, 9.17) is 0 Å². The van der Waals surface area contributed by atoms with Gasteiger partial charge in [-0.15, -0.1) is 0 Å². The minimum atomic E-state index is -0.249. The van der Waals surface area contributed by atoms with Gasteiger partial charge in [-0.1, -0.05) is 18.2 Å². The molecule has 1 N–H and O–H groups in total. The normalized spacial score (nSPS) is 10.2. The van der Waals surface area contributed by atoms with Gasteiger partial charge in [0.2, 0.25) is 5.91 Å². The molecule has 126 valence electrons. The number of anilines is 2. The molecule has 0 spiro atoms. The molecular weight excluding hydrogens is 370 g/mol. The van der Waals surface area contributed by atoms with Crippen molar-refractivity contribution in [2.24, 2.45) is 0 Å². The maximum Gasteiger partial charge on any atom is 0.254 e. The van der Waals surface area contributed by atoms with Gasteiger partial charge in [0.05, 0.1) is 12.2 Å². The molecule has 6 heteroatoms. The monoisotopic (exact) mass is 389 g/mol. The van der Waals surface area contributed by atoms with Crippen molar-refractivity contribution in [3.05, 3.63) is 58.6 Å². The van der Waals surface area contributed by atoms with Gasteiger partial charge in [0.15, 0.2) is 0 Å². The van der Waals surface area contributed by atoms with Crippen molar-refractivity contribution in [3.63, 3.8) is 0 Å². The van der Waals surface area contributed by atoms with E-state index in [1.165, 1.54) is 4.90 Å². The van der Waals surface area contributed by atoms with Crippen molar-refractivity contribution >= 4 is 39.1 Å². The molecule has 0 radical (unpaired) electrons. The summed E-state index contributed by atoms with van der Waals surface area (Å²) in [4.78, 5) is 28.0. The summed E-state index contributed by atoms with van der Waals surface area (Å²) in [5.41, 5.74) is 2.17. The zero-order chi connectivity index (χ0) is 17.7. The standard InChI is InChI=1S/C18H20BrN3O2/c1-21(2)14-8-6-7-13(11-14)18(24)22(3)12-17(23)20-16-10-5-4-9-15(16)19/h4-11H,12H2,1-3H3,(H,20,23). The molecule has 5 nitrogen and oxygen atoms in total. The van der Waals surface area contributed by atoms with Gasteiger partial charge in [-0.2, -0.15) is 0 Å². The Balaban J connectivity index is 2.02. The number of hydrogen-bond acceptors (Lipinski definition) is 3. The lowest BCUT2D eigenvalue weighted by Gasteiger charge is -2.19. The maximum atomic E-state index is 12.5. The number of para-hydroxylation sites is 1. The number of nitrogens with one attached hydrogen (secondary N) is 1. The number of nitrogens with zero attached hydrogens (tertiary/aromatic N) is 2. The van der Waals surface area contributed by atoms with Gasteiger partial charge in [-0.3, -0.25) is 9.59 Å². The molecule has 0 saturated heterocycles. The van der Waals surface area contributed by atoms with Crippen LogP contribution in [0.3, 0.4) is 0 Å². The summed E-state index contributed by atoms with van der Waals surface area (Å²) in [7, 11) is 5.45. The van der Waals surface area contributed by atoms with Crippen molar-refractivity contribution in [1.82, 2.24) is 4.90 Å². The zero-order valence-corrected chi connectivity index (χ0v) is 15.5. The minimum Gasteiger partial charge on any atom is -0.378 e. The smallest absolute Gasteiger partial charge is 0.254 e. The fourth-order valence-corrected chi connectivity index (χ4v) is 2.56. The van der Waals surface area contributed by atoms with Crippen LogP contribution >= 0.6 is 15.9 Å². The third-order valence-corrected chi connectivity index (χ3v) is 4.18. The number of rotatable bonds is 5. The van der Waals surface area contributed by atoms with Gasteiger partial charge in [0.25, 0.3) is 5.91 Å². The van der Waals surface area contributed by atoms with E-state index < -0.39 is 0 Å². The molecule has 0 atom stereocenters. The molecule has 0 heterocycles. The van der Waals surface area contributed by atoms with Crippen LogP contribution in [-0.2, 0) is 4.79 Å².